The quantitative estimate of drug-likeness (QED) is 0.799. The summed E-state index contributed by atoms with van der Waals surface area (Å²) in [5.74, 6) is 1.89. The summed E-state index contributed by atoms with van der Waals surface area (Å²) in [7, 11) is 1.99. The van der Waals surface area contributed by atoms with Crippen LogP contribution in [0.15, 0.2) is 10.8 Å². The molecule has 78 valence electrons. The van der Waals surface area contributed by atoms with Crippen molar-refractivity contribution in [3.63, 3.8) is 0 Å². The molecule has 6 heteroatoms. The zero-order valence-corrected chi connectivity index (χ0v) is 11.2. The molecule has 0 amide bonds. The van der Waals surface area contributed by atoms with Crippen LogP contribution in [-0.2, 0) is 0 Å². The van der Waals surface area contributed by atoms with Gasteiger partial charge in [-0.15, -0.1) is 0 Å². The van der Waals surface area contributed by atoms with E-state index in [1.165, 1.54) is 6.33 Å². The summed E-state index contributed by atoms with van der Waals surface area (Å²) in [4.78, 5) is 10.1. The first-order valence-electron chi connectivity index (χ1n) is 4.03. The molecule has 0 spiro atoms. The van der Waals surface area contributed by atoms with E-state index in [9.17, 15) is 0 Å². The summed E-state index contributed by atoms with van der Waals surface area (Å²) in [5, 5.41) is 0.450. The normalized spacial score (nSPS) is 10.3. The Morgan fingerprint density at radius 1 is 1.57 bits per heavy atom. The first-order chi connectivity index (χ1) is 6.66. The molecular weight excluding hydrogens is 286 g/mol. The second kappa shape index (κ2) is 5.78. The lowest BCUT2D eigenvalue weighted by molar-refractivity contribution is 0.930. The van der Waals surface area contributed by atoms with Crippen molar-refractivity contribution >= 4 is 45.1 Å². The van der Waals surface area contributed by atoms with Crippen LogP contribution >= 0.6 is 39.3 Å². The van der Waals surface area contributed by atoms with E-state index in [2.05, 4.69) is 32.2 Å². The first-order valence-corrected chi connectivity index (χ1v) is 6.59. The Labute approximate surface area is 101 Å². The Balaban J connectivity index is 2.79. The van der Waals surface area contributed by atoms with Crippen LogP contribution in [0.3, 0.4) is 0 Å². The lowest BCUT2D eigenvalue weighted by Crippen LogP contribution is -2.21. The van der Waals surface area contributed by atoms with Crippen LogP contribution in [0, 0.1) is 0 Å². The minimum absolute atomic E-state index is 0.450. The third kappa shape index (κ3) is 3.00. The number of anilines is 1. The number of aromatic nitrogens is 2. The second-order valence-corrected chi connectivity index (χ2v) is 4.85. The molecule has 0 fully saturated rings. The van der Waals surface area contributed by atoms with E-state index in [1.54, 1.807) is 11.8 Å². The van der Waals surface area contributed by atoms with Gasteiger partial charge in [0.1, 0.15) is 17.3 Å². The van der Waals surface area contributed by atoms with Gasteiger partial charge in [-0.25, -0.2) is 9.97 Å². The van der Waals surface area contributed by atoms with Gasteiger partial charge in [0.05, 0.1) is 4.47 Å². The Kier molecular flexibility index (Phi) is 4.98. The predicted octanol–water partition coefficient (Wildman–Crippen LogP) is 2.69. The van der Waals surface area contributed by atoms with E-state index >= 15 is 0 Å². The van der Waals surface area contributed by atoms with Gasteiger partial charge in [-0.2, -0.15) is 11.8 Å². The fourth-order valence-electron chi connectivity index (χ4n) is 0.940. The van der Waals surface area contributed by atoms with Crippen molar-refractivity contribution in [2.75, 3.05) is 30.5 Å². The van der Waals surface area contributed by atoms with E-state index < -0.39 is 0 Å². The highest BCUT2D eigenvalue weighted by Crippen LogP contribution is 2.28. The second-order valence-electron chi connectivity index (χ2n) is 2.72. The van der Waals surface area contributed by atoms with Gasteiger partial charge < -0.3 is 4.90 Å². The van der Waals surface area contributed by atoms with Gasteiger partial charge in [0.25, 0.3) is 0 Å². The molecule has 0 aliphatic heterocycles. The number of hydrogen-bond acceptors (Lipinski definition) is 4. The highest BCUT2D eigenvalue weighted by Gasteiger charge is 2.10. The molecule has 0 aliphatic rings. The molecule has 0 aromatic carbocycles. The molecule has 0 aliphatic carbocycles. The summed E-state index contributed by atoms with van der Waals surface area (Å²) < 4.78 is 0.755. The van der Waals surface area contributed by atoms with Gasteiger partial charge in [0.15, 0.2) is 0 Å². The van der Waals surface area contributed by atoms with Crippen LogP contribution in [0.4, 0.5) is 5.82 Å². The van der Waals surface area contributed by atoms with Crippen LogP contribution in [0.25, 0.3) is 0 Å². The maximum Gasteiger partial charge on any atom is 0.148 e. The van der Waals surface area contributed by atoms with E-state index in [-0.39, 0.29) is 0 Å². The van der Waals surface area contributed by atoms with Gasteiger partial charge in [-0.3, -0.25) is 0 Å². The van der Waals surface area contributed by atoms with Crippen molar-refractivity contribution in [1.82, 2.24) is 9.97 Å². The van der Waals surface area contributed by atoms with Gasteiger partial charge in [-0.05, 0) is 22.2 Å². The molecule has 0 unspecified atom stereocenters. The van der Waals surface area contributed by atoms with E-state index in [0.29, 0.717) is 5.15 Å². The van der Waals surface area contributed by atoms with Crippen molar-refractivity contribution in [2.24, 2.45) is 0 Å². The molecule has 0 saturated heterocycles. The summed E-state index contributed by atoms with van der Waals surface area (Å²) in [6.07, 6.45) is 3.55. The number of hydrogen-bond donors (Lipinski definition) is 0. The van der Waals surface area contributed by atoms with Crippen LogP contribution in [0.2, 0.25) is 5.15 Å². The average molecular weight is 297 g/mol. The Morgan fingerprint density at radius 3 is 2.93 bits per heavy atom. The third-order valence-electron chi connectivity index (χ3n) is 1.72. The predicted molar refractivity (Wildman–Crippen MR) is 66.4 cm³/mol. The summed E-state index contributed by atoms with van der Waals surface area (Å²) in [5.41, 5.74) is 0. The van der Waals surface area contributed by atoms with Crippen molar-refractivity contribution in [1.29, 1.82) is 0 Å². The lowest BCUT2D eigenvalue weighted by atomic mass is 10.5. The van der Waals surface area contributed by atoms with Gasteiger partial charge in [-0.1, -0.05) is 11.6 Å². The molecule has 0 N–H and O–H groups in total. The standard InChI is InChI=1S/C8H11BrClN3S/c1-13(3-4-14-2)8-6(9)7(10)11-5-12-8/h5H,3-4H2,1-2H3. The minimum Gasteiger partial charge on any atom is -0.358 e. The number of halogens is 2. The molecule has 0 atom stereocenters. The van der Waals surface area contributed by atoms with Crippen LogP contribution in [-0.4, -0.2) is 35.6 Å². The van der Waals surface area contributed by atoms with Gasteiger partial charge >= 0.3 is 0 Å². The van der Waals surface area contributed by atoms with Crippen molar-refractivity contribution in [2.45, 2.75) is 0 Å². The SMILES string of the molecule is CSCCN(C)c1ncnc(Cl)c1Br. The zero-order valence-electron chi connectivity index (χ0n) is 8.00. The monoisotopic (exact) mass is 295 g/mol. The lowest BCUT2D eigenvalue weighted by Gasteiger charge is -2.18. The number of thioether (sulfide) groups is 1. The molecule has 14 heavy (non-hydrogen) atoms. The van der Waals surface area contributed by atoms with Crippen molar-refractivity contribution in [3.8, 4) is 0 Å². The fraction of sp³-hybridized carbons (Fsp3) is 0.500. The maximum atomic E-state index is 5.86. The molecule has 1 aromatic heterocycles. The first kappa shape index (κ1) is 12.1. The topological polar surface area (TPSA) is 29.0 Å². The smallest absolute Gasteiger partial charge is 0.148 e. The van der Waals surface area contributed by atoms with E-state index in [0.717, 1.165) is 22.6 Å². The Morgan fingerprint density at radius 2 is 2.29 bits per heavy atom. The number of rotatable bonds is 4. The highest BCUT2D eigenvalue weighted by atomic mass is 79.9. The van der Waals surface area contributed by atoms with Crippen LogP contribution in [0.1, 0.15) is 0 Å². The molecular formula is C8H11BrClN3S. The molecule has 1 heterocycles. The zero-order chi connectivity index (χ0) is 10.6. The number of nitrogens with zero attached hydrogens (tertiary/aromatic N) is 3. The van der Waals surface area contributed by atoms with Crippen LogP contribution in [0.5, 0.6) is 0 Å². The van der Waals surface area contributed by atoms with Crippen molar-refractivity contribution < 1.29 is 0 Å². The Hall–Kier alpha value is -0.0000000000000000555. The minimum atomic E-state index is 0.450. The van der Waals surface area contributed by atoms with Gasteiger partial charge in [0.2, 0.25) is 0 Å². The molecule has 1 aromatic rings. The highest BCUT2D eigenvalue weighted by molar-refractivity contribution is 9.10. The molecule has 0 saturated carbocycles. The maximum absolute atomic E-state index is 5.86. The van der Waals surface area contributed by atoms with Gasteiger partial charge in [0, 0.05) is 19.3 Å². The largest absolute Gasteiger partial charge is 0.358 e. The van der Waals surface area contributed by atoms with Crippen LogP contribution < -0.4 is 4.90 Å². The van der Waals surface area contributed by atoms with E-state index in [4.69, 9.17) is 11.6 Å². The molecule has 1 rings (SSSR count). The summed E-state index contributed by atoms with van der Waals surface area (Å²) in [6.45, 7) is 0.938. The fourth-order valence-corrected chi connectivity index (χ4v) is 2.03. The summed E-state index contributed by atoms with van der Waals surface area (Å²) in [6, 6.07) is 0. The van der Waals surface area contributed by atoms with E-state index in [1.807, 2.05) is 11.9 Å². The Bertz CT molecular complexity index is 311. The molecule has 0 bridgehead atoms. The third-order valence-corrected chi connectivity index (χ3v) is 3.56. The molecule has 0 radical (unpaired) electrons. The molecule has 3 nitrogen and oxygen atoms in total. The average Bonchev–Trinajstić information content (AvgIpc) is 2.18. The van der Waals surface area contributed by atoms with Crippen molar-refractivity contribution in [3.05, 3.63) is 16.0 Å². The summed E-state index contributed by atoms with van der Waals surface area (Å²) >= 11 is 11.0.